The molecule has 11 heavy (non-hydrogen) atoms. The monoisotopic (exact) mass is 160 g/mol. The molecular formula is C6H5N2NaO2. The van der Waals surface area contributed by atoms with E-state index in [2.05, 4.69) is 9.97 Å². The van der Waals surface area contributed by atoms with E-state index in [1.165, 1.54) is 0 Å². The molecule has 0 fully saturated rings. The zero-order chi connectivity index (χ0) is 6.97. The van der Waals surface area contributed by atoms with E-state index in [-0.39, 0.29) is 31.0 Å². The molecule has 0 aromatic carbocycles. The normalized spacial score (nSPS) is 9.45. The molecule has 0 amide bonds. The Morgan fingerprint density at radius 3 is 3.18 bits per heavy atom. The van der Waals surface area contributed by atoms with Gasteiger partial charge < -0.3 is 5.84 Å². The molecule has 0 aliphatic carbocycles. The van der Waals surface area contributed by atoms with Gasteiger partial charge in [-0.05, 0) is 12.1 Å². The van der Waals surface area contributed by atoms with Crippen molar-refractivity contribution in [3.63, 3.8) is 0 Å². The minimum Gasteiger partial charge on any atom is -1.00 e. The van der Waals surface area contributed by atoms with Crippen molar-refractivity contribution in [3.8, 4) is 0 Å². The Kier molecular flexibility index (Phi) is 2.49. The molecule has 0 atom stereocenters. The topological polar surface area (TPSA) is 58.9 Å². The van der Waals surface area contributed by atoms with Crippen LogP contribution in [0.4, 0.5) is 0 Å². The summed E-state index contributed by atoms with van der Waals surface area (Å²) in [5, 5.41) is 0. The van der Waals surface area contributed by atoms with Gasteiger partial charge in [-0.15, -0.1) is 0 Å². The van der Waals surface area contributed by atoms with Crippen LogP contribution in [0.1, 0.15) is 1.43 Å². The Balaban J connectivity index is 0.000000605. The summed E-state index contributed by atoms with van der Waals surface area (Å²) in [5.41, 5.74) is 0.986. The number of aromatic amines is 1. The Morgan fingerprint density at radius 1 is 1.64 bits per heavy atom. The van der Waals surface area contributed by atoms with Crippen molar-refractivity contribution >= 4 is 11.2 Å². The molecule has 0 saturated heterocycles. The quantitative estimate of drug-likeness (QED) is 0.438. The van der Waals surface area contributed by atoms with E-state index in [1.807, 2.05) is 0 Å². The molecule has 0 aliphatic rings. The van der Waals surface area contributed by atoms with Crippen LogP contribution in [0.5, 0.6) is 0 Å². The average Bonchev–Trinajstić information content (AvgIpc) is 2.27. The smallest absolute Gasteiger partial charge is 1.00 e. The van der Waals surface area contributed by atoms with Gasteiger partial charge >= 0.3 is 35.3 Å². The number of rotatable bonds is 0. The predicted molar refractivity (Wildman–Crippen MR) is 35.7 cm³/mol. The third-order valence-corrected chi connectivity index (χ3v) is 1.19. The molecule has 0 unspecified atom stereocenters. The molecule has 4 nitrogen and oxygen atoms in total. The fourth-order valence-electron chi connectivity index (χ4n) is 0.789. The fourth-order valence-corrected chi connectivity index (χ4v) is 0.789. The van der Waals surface area contributed by atoms with Crippen LogP contribution in [-0.2, 0) is 0 Å². The van der Waals surface area contributed by atoms with Crippen molar-refractivity contribution in [3.05, 3.63) is 28.9 Å². The van der Waals surface area contributed by atoms with Gasteiger partial charge in [-0.3, -0.25) is 4.98 Å². The van der Waals surface area contributed by atoms with Gasteiger partial charge in [-0.25, -0.2) is 9.78 Å². The van der Waals surface area contributed by atoms with Gasteiger partial charge in [-0.2, -0.15) is 0 Å². The van der Waals surface area contributed by atoms with Gasteiger partial charge in [0.15, 0.2) is 11.2 Å². The molecule has 1 N–H and O–H groups in total. The van der Waals surface area contributed by atoms with Crippen molar-refractivity contribution in [1.29, 1.82) is 0 Å². The molecule has 5 heteroatoms. The summed E-state index contributed by atoms with van der Waals surface area (Å²) in [4.78, 5) is 16.8. The largest absolute Gasteiger partial charge is 1.00 e. The molecule has 52 valence electrons. The second kappa shape index (κ2) is 3.21. The number of pyridine rings is 1. The Bertz CT molecular complexity index is 375. The van der Waals surface area contributed by atoms with E-state index in [9.17, 15) is 4.79 Å². The van der Waals surface area contributed by atoms with Crippen LogP contribution < -0.4 is 35.3 Å². The first-order valence-electron chi connectivity index (χ1n) is 2.80. The number of nitrogens with one attached hydrogen (secondary N) is 1. The number of hydrogen-bond donors (Lipinski definition) is 1. The standard InChI is InChI=1S/C6H4N2O2.Na.H/c9-6-8-5-4(10-6)2-1-3-7-5;;/h1-3H,(H,7,8,9);;/q;+1;-1. The summed E-state index contributed by atoms with van der Waals surface area (Å²) < 4.78 is 4.69. The molecule has 2 heterocycles. The van der Waals surface area contributed by atoms with Crippen molar-refractivity contribution in [2.24, 2.45) is 0 Å². The second-order valence-electron chi connectivity index (χ2n) is 1.86. The van der Waals surface area contributed by atoms with Crippen molar-refractivity contribution in [2.45, 2.75) is 0 Å². The number of hydrogen-bond acceptors (Lipinski definition) is 3. The van der Waals surface area contributed by atoms with Gasteiger partial charge in [0.1, 0.15) is 0 Å². The molecule has 2 rings (SSSR count). The van der Waals surface area contributed by atoms with Gasteiger partial charge in [0.25, 0.3) is 0 Å². The van der Waals surface area contributed by atoms with E-state index in [0.717, 1.165) is 0 Å². The molecule has 0 radical (unpaired) electrons. The number of aromatic nitrogens is 2. The fraction of sp³-hybridized carbons (Fsp3) is 0. The van der Waals surface area contributed by atoms with E-state index in [0.29, 0.717) is 11.2 Å². The van der Waals surface area contributed by atoms with Crippen LogP contribution in [0.2, 0.25) is 0 Å². The average molecular weight is 160 g/mol. The minimum atomic E-state index is -0.464. The Morgan fingerprint density at radius 2 is 2.45 bits per heavy atom. The summed E-state index contributed by atoms with van der Waals surface area (Å²) in [6.07, 6.45) is 1.59. The van der Waals surface area contributed by atoms with E-state index >= 15 is 0 Å². The van der Waals surface area contributed by atoms with Crippen LogP contribution in [0.3, 0.4) is 0 Å². The predicted octanol–water partition coefficient (Wildman–Crippen LogP) is -2.37. The SMILES string of the molecule is O=c1[nH]c2ncccc2o1.[H-].[Na+]. The summed E-state index contributed by atoms with van der Waals surface area (Å²) in [7, 11) is 0. The maximum atomic E-state index is 10.5. The minimum absolute atomic E-state index is 0. The second-order valence-corrected chi connectivity index (χ2v) is 1.86. The Labute approximate surface area is 85.4 Å². The van der Waals surface area contributed by atoms with Gasteiger partial charge in [0.05, 0.1) is 0 Å². The number of H-pyrrole nitrogens is 1. The van der Waals surface area contributed by atoms with Gasteiger partial charge in [0, 0.05) is 6.20 Å². The third-order valence-electron chi connectivity index (χ3n) is 1.19. The maximum absolute atomic E-state index is 10.5. The van der Waals surface area contributed by atoms with Gasteiger partial charge in [0.2, 0.25) is 0 Å². The zero-order valence-electron chi connectivity index (χ0n) is 7.00. The summed E-state index contributed by atoms with van der Waals surface area (Å²) in [6.45, 7) is 0. The van der Waals surface area contributed by atoms with Crippen LogP contribution in [-0.4, -0.2) is 9.97 Å². The zero-order valence-corrected chi connectivity index (χ0v) is 8.00. The van der Waals surface area contributed by atoms with Crippen LogP contribution in [0.15, 0.2) is 27.5 Å². The summed E-state index contributed by atoms with van der Waals surface area (Å²) in [6, 6.07) is 3.39. The van der Waals surface area contributed by atoms with E-state index in [4.69, 9.17) is 4.42 Å². The molecule has 0 bridgehead atoms. The van der Waals surface area contributed by atoms with Crippen molar-refractivity contribution in [2.75, 3.05) is 0 Å². The summed E-state index contributed by atoms with van der Waals surface area (Å²) >= 11 is 0. The molecule has 0 aliphatic heterocycles. The van der Waals surface area contributed by atoms with Crippen molar-refractivity contribution < 1.29 is 35.4 Å². The van der Waals surface area contributed by atoms with E-state index < -0.39 is 5.76 Å². The number of oxazole rings is 1. The van der Waals surface area contributed by atoms with Crippen LogP contribution in [0.25, 0.3) is 11.2 Å². The molecule has 0 spiro atoms. The molecule has 2 aromatic heterocycles. The van der Waals surface area contributed by atoms with E-state index in [1.54, 1.807) is 18.3 Å². The van der Waals surface area contributed by atoms with Crippen LogP contribution >= 0.6 is 0 Å². The maximum Gasteiger partial charge on any atom is 1.00 e. The molecular weight excluding hydrogens is 155 g/mol. The van der Waals surface area contributed by atoms with Gasteiger partial charge in [-0.1, -0.05) is 0 Å². The number of fused-ring (bicyclic) bond motifs is 1. The first-order valence-corrected chi connectivity index (χ1v) is 2.80. The Hall–Kier alpha value is -0.580. The first-order chi connectivity index (χ1) is 4.86. The third kappa shape index (κ3) is 1.53. The molecule has 2 aromatic rings. The molecule has 0 saturated carbocycles. The summed E-state index contributed by atoms with van der Waals surface area (Å²) in [5.74, 6) is -0.464. The van der Waals surface area contributed by atoms with Crippen molar-refractivity contribution in [1.82, 2.24) is 9.97 Å². The van der Waals surface area contributed by atoms with Crippen LogP contribution in [0, 0.1) is 0 Å². The first kappa shape index (κ1) is 8.52. The number of nitrogens with zero attached hydrogens (tertiary/aromatic N) is 1.